The van der Waals surface area contributed by atoms with E-state index in [9.17, 15) is 5.11 Å². The number of furan rings is 1. The van der Waals surface area contributed by atoms with Gasteiger partial charge < -0.3 is 9.52 Å². The minimum absolute atomic E-state index is 0.0671. The lowest BCUT2D eigenvalue weighted by atomic mass is 9.95. The molecule has 0 saturated heterocycles. The molecule has 3 atom stereocenters. The van der Waals surface area contributed by atoms with Gasteiger partial charge in [-0.15, -0.1) is 0 Å². The van der Waals surface area contributed by atoms with Gasteiger partial charge >= 0.3 is 0 Å². The average molecular weight is 283 g/mol. The zero-order valence-corrected chi connectivity index (χ0v) is 12.0. The van der Waals surface area contributed by atoms with Gasteiger partial charge in [0, 0.05) is 0 Å². The number of allylic oxidation sites excluding steroid dienone is 1. The molecule has 2 N–H and O–H groups in total. The molecule has 0 aliphatic heterocycles. The van der Waals surface area contributed by atoms with E-state index >= 15 is 0 Å². The number of hydrogen-bond donors (Lipinski definition) is 2. The largest absolute Gasteiger partial charge is 0.468 e. The maximum atomic E-state index is 9.76. The van der Waals surface area contributed by atoms with Crippen molar-refractivity contribution >= 4 is 0 Å². The van der Waals surface area contributed by atoms with Gasteiger partial charge in [-0.2, -0.15) is 0 Å². The van der Waals surface area contributed by atoms with Crippen molar-refractivity contribution < 1.29 is 9.52 Å². The molecule has 0 radical (unpaired) electrons. The summed E-state index contributed by atoms with van der Waals surface area (Å²) in [6.07, 6.45) is 8.40. The fourth-order valence-corrected chi connectivity index (χ4v) is 2.98. The van der Waals surface area contributed by atoms with E-state index in [1.807, 2.05) is 42.5 Å². The standard InChI is InChI=1S/C18H21NO2/c20-13-16(14-7-2-1-3-8-14)19-18(15-9-4-5-10-15)17-11-6-12-21-17/h1-4,6-9,11-12,15-16,18-20H,5,10,13H2/t15-,16-,18+/m0/s1. The summed E-state index contributed by atoms with van der Waals surface area (Å²) in [6, 6.07) is 14.0. The lowest BCUT2D eigenvalue weighted by molar-refractivity contribution is 0.213. The Morgan fingerprint density at radius 2 is 2.05 bits per heavy atom. The smallest absolute Gasteiger partial charge is 0.121 e. The quantitative estimate of drug-likeness (QED) is 0.796. The van der Waals surface area contributed by atoms with E-state index < -0.39 is 0 Å². The molecule has 2 aromatic rings. The summed E-state index contributed by atoms with van der Waals surface area (Å²) in [5.74, 6) is 1.34. The van der Waals surface area contributed by atoms with Crippen LogP contribution >= 0.6 is 0 Å². The third-order valence-electron chi connectivity index (χ3n) is 4.09. The van der Waals surface area contributed by atoms with Crippen molar-refractivity contribution in [3.8, 4) is 0 Å². The Morgan fingerprint density at radius 3 is 2.67 bits per heavy atom. The maximum Gasteiger partial charge on any atom is 0.121 e. The van der Waals surface area contributed by atoms with Gasteiger partial charge in [-0.1, -0.05) is 42.5 Å². The van der Waals surface area contributed by atoms with Gasteiger partial charge in [0.15, 0.2) is 0 Å². The van der Waals surface area contributed by atoms with Crippen LogP contribution in [-0.2, 0) is 0 Å². The number of nitrogens with one attached hydrogen (secondary N) is 1. The van der Waals surface area contributed by atoms with Crippen LogP contribution in [0.2, 0.25) is 0 Å². The minimum Gasteiger partial charge on any atom is -0.468 e. The molecule has 110 valence electrons. The zero-order valence-electron chi connectivity index (χ0n) is 12.0. The molecule has 1 aliphatic carbocycles. The van der Waals surface area contributed by atoms with Crippen LogP contribution < -0.4 is 5.32 Å². The zero-order chi connectivity index (χ0) is 14.5. The lowest BCUT2D eigenvalue weighted by Crippen LogP contribution is -2.32. The van der Waals surface area contributed by atoms with E-state index in [0.717, 1.165) is 24.2 Å². The SMILES string of the molecule is OC[C@H](N[C@@H](c1ccco1)[C@H]1C=CCC1)c1ccccc1. The summed E-state index contributed by atoms with van der Waals surface area (Å²) in [5, 5.41) is 13.3. The summed E-state index contributed by atoms with van der Waals surface area (Å²) >= 11 is 0. The summed E-state index contributed by atoms with van der Waals surface area (Å²) in [4.78, 5) is 0. The van der Waals surface area contributed by atoms with Crippen molar-refractivity contribution in [1.29, 1.82) is 0 Å². The van der Waals surface area contributed by atoms with Gasteiger partial charge in [-0.3, -0.25) is 5.32 Å². The first-order valence-corrected chi connectivity index (χ1v) is 7.50. The van der Waals surface area contributed by atoms with Crippen LogP contribution in [0.5, 0.6) is 0 Å². The first-order chi connectivity index (χ1) is 10.4. The normalized spacial score (nSPS) is 20.5. The van der Waals surface area contributed by atoms with Crippen molar-refractivity contribution in [2.24, 2.45) is 5.92 Å². The van der Waals surface area contributed by atoms with Crippen molar-refractivity contribution in [3.05, 3.63) is 72.2 Å². The first-order valence-electron chi connectivity index (χ1n) is 7.50. The summed E-state index contributed by atoms with van der Waals surface area (Å²) in [7, 11) is 0. The Balaban J connectivity index is 1.81. The Kier molecular flexibility index (Phi) is 4.53. The van der Waals surface area contributed by atoms with E-state index in [1.165, 1.54) is 0 Å². The van der Waals surface area contributed by atoms with E-state index in [2.05, 4.69) is 17.5 Å². The predicted octanol–water partition coefficient (Wildman–Crippen LogP) is 3.61. The van der Waals surface area contributed by atoms with Gasteiger partial charge in [-0.25, -0.2) is 0 Å². The molecular weight excluding hydrogens is 262 g/mol. The highest BCUT2D eigenvalue weighted by atomic mass is 16.3. The fourth-order valence-electron chi connectivity index (χ4n) is 2.98. The Labute approximate surface area is 125 Å². The number of benzene rings is 1. The maximum absolute atomic E-state index is 9.76. The summed E-state index contributed by atoms with van der Waals surface area (Å²) < 4.78 is 5.61. The summed E-state index contributed by atoms with van der Waals surface area (Å²) in [5.41, 5.74) is 1.10. The molecule has 3 nitrogen and oxygen atoms in total. The molecule has 0 unspecified atom stereocenters. The highest BCUT2D eigenvalue weighted by Crippen LogP contribution is 2.33. The van der Waals surface area contributed by atoms with Crippen LogP contribution in [0.1, 0.15) is 36.2 Å². The first kappa shape index (κ1) is 14.1. The molecule has 21 heavy (non-hydrogen) atoms. The van der Waals surface area contributed by atoms with Crippen LogP contribution in [0.3, 0.4) is 0 Å². The van der Waals surface area contributed by atoms with Crippen LogP contribution in [0.15, 0.2) is 65.3 Å². The highest BCUT2D eigenvalue weighted by molar-refractivity contribution is 5.21. The van der Waals surface area contributed by atoms with Gasteiger partial charge in [0.25, 0.3) is 0 Å². The van der Waals surface area contributed by atoms with Crippen LogP contribution in [0.4, 0.5) is 0 Å². The van der Waals surface area contributed by atoms with Crippen molar-refractivity contribution in [3.63, 3.8) is 0 Å². The third kappa shape index (κ3) is 3.26. The molecule has 1 aromatic heterocycles. The molecular formula is C18H21NO2. The molecule has 3 heteroatoms. The van der Waals surface area contributed by atoms with Crippen molar-refractivity contribution in [2.75, 3.05) is 6.61 Å². The van der Waals surface area contributed by atoms with E-state index in [1.54, 1.807) is 6.26 Å². The lowest BCUT2D eigenvalue weighted by Gasteiger charge is -2.27. The fraction of sp³-hybridized carbons (Fsp3) is 0.333. The van der Waals surface area contributed by atoms with E-state index in [0.29, 0.717) is 5.92 Å². The van der Waals surface area contributed by atoms with Crippen molar-refractivity contribution in [1.82, 2.24) is 5.32 Å². The van der Waals surface area contributed by atoms with Gasteiger partial charge in [0.05, 0.1) is 25.0 Å². The van der Waals surface area contributed by atoms with E-state index in [-0.39, 0.29) is 18.7 Å². The molecule has 0 saturated carbocycles. The molecule has 1 aliphatic rings. The molecule has 0 bridgehead atoms. The second kappa shape index (κ2) is 6.74. The van der Waals surface area contributed by atoms with Crippen LogP contribution in [-0.4, -0.2) is 11.7 Å². The second-order valence-electron chi connectivity index (χ2n) is 5.47. The second-order valence-corrected chi connectivity index (χ2v) is 5.47. The predicted molar refractivity (Wildman–Crippen MR) is 82.7 cm³/mol. The minimum atomic E-state index is -0.0877. The Bertz CT molecular complexity index is 562. The molecule has 0 fully saturated rings. The van der Waals surface area contributed by atoms with Gasteiger partial charge in [0.1, 0.15) is 5.76 Å². The Morgan fingerprint density at radius 1 is 1.19 bits per heavy atom. The topological polar surface area (TPSA) is 45.4 Å². The van der Waals surface area contributed by atoms with Crippen LogP contribution in [0, 0.1) is 5.92 Å². The third-order valence-corrected chi connectivity index (χ3v) is 4.09. The summed E-state index contributed by atoms with van der Waals surface area (Å²) in [6.45, 7) is 0.0671. The van der Waals surface area contributed by atoms with Crippen molar-refractivity contribution in [2.45, 2.75) is 24.9 Å². The van der Waals surface area contributed by atoms with E-state index in [4.69, 9.17) is 4.42 Å². The molecule has 1 heterocycles. The van der Waals surface area contributed by atoms with Gasteiger partial charge in [0.2, 0.25) is 0 Å². The number of aliphatic hydroxyl groups is 1. The molecule has 0 amide bonds. The average Bonchev–Trinajstić information content (AvgIpc) is 3.23. The molecule has 1 aromatic carbocycles. The number of hydrogen-bond acceptors (Lipinski definition) is 3. The molecule has 0 spiro atoms. The number of rotatable bonds is 6. The van der Waals surface area contributed by atoms with Gasteiger partial charge in [-0.05, 0) is 36.5 Å². The highest BCUT2D eigenvalue weighted by Gasteiger charge is 2.27. The molecule has 3 rings (SSSR count). The van der Waals surface area contributed by atoms with Crippen LogP contribution in [0.25, 0.3) is 0 Å². The monoisotopic (exact) mass is 283 g/mol. The number of aliphatic hydroxyl groups excluding tert-OH is 1. The Hall–Kier alpha value is -1.84.